The lowest BCUT2D eigenvalue weighted by molar-refractivity contribution is 0.302. The standard InChI is InChI=1S/C19H24BrNO/c1-15(2)10-11-21-13-17-12-18(20)8-9-19(17)22-14-16-6-4-3-5-7-16/h3-9,12,15,21H,10-11,13-14H2,1-2H3. The predicted molar refractivity (Wildman–Crippen MR) is 96.1 cm³/mol. The Balaban J connectivity index is 1.94. The molecule has 0 radical (unpaired) electrons. The van der Waals surface area contributed by atoms with Crippen molar-refractivity contribution in [2.75, 3.05) is 6.54 Å². The minimum atomic E-state index is 0.599. The predicted octanol–water partition coefficient (Wildman–Crippen LogP) is 5.16. The topological polar surface area (TPSA) is 21.3 Å². The van der Waals surface area contributed by atoms with Gasteiger partial charge in [0, 0.05) is 16.6 Å². The molecule has 0 bridgehead atoms. The third-order valence-corrected chi connectivity index (χ3v) is 3.97. The highest BCUT2D eigenvalue weighted by atomic mass is 79.9. The molecule has 2 aromatic rings. The molecule has 22 heavy (non-hydrogen) atoms. The maximum absolute atomic E-state index is 6.00. The summed E-state index contributed by atoms with van der Waals surface area (Å²) < 4.78 is 7.08. The number of rotatable bonds is 8. The molecule has 0 heterocycles. The van der Waals surface area contributed by atoms with Crippen LogP contribution in [-0.2, 0) is 13.2 Å². The summed E-state index contributed by atoms with van der Waals surface area (Å²) in [6.07, 6.45) is 1.19. The van der Waals surface area contributed by atoms with Crippen LogP contribution < -0.4 is 10.1 Å². The van der Waals surface area contributed by atoms with E-state index in [-0.39, 0.29) is 0 Å². The minimum Gasteiger partial charge on any atom is -0.489 e. The summed E-state index contributed by atoms with van der Waals surface area (Å²) in [7, 11) is 0. The molecule has 0 aliphatic rings. The fourth-order valence-corrected chi connectivity index (χ4v) is 2.58. The van der Waals surface area contributed by atoms with Crippen LogP contribution in [0, 0.1) is 5.92 Å². The van der Waals surface area contributed by atoms with E-state index in [1.54, 1.807) is 0 Å². The Bertz CT molecular complexity index is 569. The van der Waals surface area contributed by atoms with Gasteiger partial charge in [-0.25, -0.2) is 0 Å². The van der Waals surface area contributed by atoms with Gasteiger partial charge >= 0.3 is 0 Å². The van der Waals surface area contributed by atoms with Crippen LogP contribution in [0.2, 0.25) is 0 Å². The average molecular weight is 362 g/mol. The van der Waals surface area contributed by atoms with Gasteiger partial charge < -0.3 is 10.1 Å². The Kier molecular flexibility index (Phi) is 6.94. The Morgan fingerprint density at radius 2 is 1.86 bits per heavy atom. The Morgan fingerprint density at radius 1 is 1.09 bits per heavy atom. The SMILES string of the molecule is CC(C)CCNCc1cc(Br)ccc1OCc1ccccc1. The zero-order valence-corrected chi connectivity index (χ0v) is 14.9. The van der Waals surface area contributed by atoms with E-state index >= 15 is 0 Å². The van der Waals surface area contributed by atoms with Crippen LogP contribution in [0.4, 0.5) is 0 Å². The molecular formula is C19H24BrNO. The van der Waals surface area contributed by atoms with E-state index < -0.39 is 0 Å². The Hall–Kier alpha value is -1.32. The highest BCUT2D eigenvalue weighted by Crippen LogP contribution is 2.24. The van der Waals surface area contributed by atoms with Crippen molar-refractivity contribution in [3.8, 4) is 5.75 Å². The third-order valence-electron chi connectivity index (χ3n) is 3.47. The molecular weight excluding hydrogens is 338 g/mol. The van der Waals surface area contributed by atoms with Gasteiger partial charge in [0.05, 0.1) is 0 Å². The van der Waals surface area contributed by atoms with Gasteiger partial charge in [-0.3, -0.25) is 0 Å². The molecule has 0 spiro atoms. The molecule has 2 aromatic carbocycles. The zero-order valence-electron chi connectivity index (χ0n) is 13.3. The number of nitrogens with one attached hydrogen (secondary N) is 1. The van der Waals surface area contributed by atoms with Gasteiger partial charge in [0.15, 0.2) is 0 Å². The van der Waals surface area contributed by atoms with Gasteiger partial charge in [-0.2, -0.15) is 0 Å². The molecule has 0 saturated heterocycles. The molecule has 2 rings (SSSR count). The lowest BCUT2D eigenvalue weighted by Crippen LogP contribution is -2.17. The Labute approximate surface area is 142 Å². The molecule has 3 heteroatoms. The van der Waals surface area contributed by atoms with Crippen LogP contribution in [0.1, 0.15) is 31.4 Å². The third kappa shape index (κ3) is 5.82. The number of ether oxygens (including phenoxy) is 1. The lowest BCUT2D eigenvalue weighted by Gasteiger charge is -2.13. The molecule has 2 nitrogen and oxygen atoms in total. The first-order valence-electron chi connectivity index (χ1n) is 7.81. The molecule has 0 atom stereocenters. The first-order chi connectivity index (χ1) is 10.6. The Morgan fingerprint density at radius 3 is 2.59 bits per heavy atom. The number of hydrogen-bond donors (Lipinski definition) is 1. The van der Waals surface area contributed by atoms with Crippen molar-refractivity contribution in [2.45, 2.75) is 33.4 Å². The molecule has 0 aliphatic carbocycles. The maximum atomic E-state index is 6.00. The number of hydrogen-bond acceptors (Lipinski definition) is 2. The highest BCUT2D eigenvalue weighted by Gasteiger charge is 2.05. The summed E-state index contributed by atoms with van der Waals surface area (Å²) >= 11 is 3.54. The molecule has 0 aliphatic heterocycles. The second-order valence-electron chi connectivity index (χ2n) is 5.89. The second-order valence-corrected chi connectivity index (χ2v) is 6.80. The maximum Gasteiger partial charge on any atom is 0.124 e. The fraction of sp³-hybridized carbons (Fsp3) is 0.368. The van der Waals surface area contributed by atoms with Crippen molar-refractivity contribution in [3.63, 3.8) is 0 Å². The molecule has 118 valence electrons. The van der Waals surface area contributed by atoms with Gasteiger partial charge in [0.1, 0.15) is 12.4 Å². The second kappa shape index (κ2) is 8.96. The zero-order chi connectivity index (χ0) is 15.8. The van der Waals surface area contributed by atoms with Gasteiger partial charge in [-0.1, -0.05) is 60.1 Å². The van der Waals surface area contributed by atoms with E-state index in [9.17, 15) is 0 Å². The smallest absolute Gasteiger partial charge is 0.124 e. The molecule has 0 amide bonds. The van der Waals surface area contributed by atoms with E-state index in [2.05, 4.69) is 53.3 Å². The first kappa shape index (κ1) is 17.0. The average Bonchev–Trinajstić information content (AvgIpc) is 2.51. The summed E-state index contributed by atoms with van der Waals surface area (Å²) in [5.41, 5.74) is 2.37. The van der Waals surface area contributed by atoms with Crippen LogP contribution in [0.25, 0.3) is 0 Å². The lowest BCUT2D eigenvalue weighted by atomic mass is 10.1. The summed E-state index contributed by atoms with van der Waals surface area (Å²) in [5.74, 6) is 1.67. The summed E-state index contributed by atoms with van der Waals surface area (Å²) in [5, 5.41) is 3.50. The summed E-state index contributed by atoms with van der Waals surface area (Å²) in [6.45, 7) is 6.95. The monoisotopic (exact) mass is 361 g/mol. The van der Waals surface area contributed by atoms with Gasteiger partial charge in [-0.15, -0.1) is 0 Å². The van der Waals surface area contributed by atoms with Gasteiger partial charge in [0.2, 0.25) is 0 Å². The van der Waals surface area contributed by atoms with Crippen molar-refractivity contribution < 1.29 is 4.74 Å². The van der Waals surface area contributed by atoms with Gasteiger partial charge in [0.25, 0.3) is 0 Å². The molecule has 0 unspecified atom stereocenters. The summed E-state index contributed by atoms with van der Waals surface area (Å²) in [6, 6.07) is 16.4. The summed E-state index contributed by atoms with van der Waals surface area (Å²) in [4.78, 5) is 0. The van der Waals surface area contributed by atoms with Gasteiger partial charge in [-0.05, 0) is 42.6 Å². The molecule has 1 N–H and O–H groups in total. The van der Waals surface area contributed by atoms with Crippen LogP contribution in [0.15, 0.2) is 53.0 Å². The van der Waals surface area contributed by atoms with E-state index in [1.807, 2.05) is 30.3 Å². The first-order valence-corrected chi connectivity index (χ1v) is 8.60. The van der Waals surface area contributed by atoms with Crippen LogP contribution >= 0.6 is 15.9 Å². The van der Waals surface area contributed by atoms with Crippen LogP contribution in [0.5, 0.6) is 5.75 Å². The molecule has 0 fully saturated rings. The quantitative estimate of drug-likeness (QED) is 0.655. The molecule has 0 aromatic heterocycles. The van der Waals surface area contributed by atoms with Crippen molar-refractivity contribution >= 4 is 15.9 Å². The van der Waals surface area contributed by atoms with Crippen molar-refractivity contribution in [3.05, 3.63) is 64.1 Å². The normalized spacial score (nSPS) is 10.9. The van der Waals surface area contributed by atoms with Crippen molar-refractivity contribution in [1.82, 2.24) is 5.32 Å². The van der Waals surface area contributed by atoms with Crippen molar-refractivity contribution in [1.29, 1.82) is 0 Å². The van der Waals surface area contributed by atoms with Crippen molar-refractivity contribution in [2.24, 2.45) is 5.92 Å². The minimum absolute atomic E-state index is 0.599. The van der Waals surface area contributed by atoms with Crippen LogP contribution in [0.3, 0.4) is 0 Å². The number of benzene rings is 2. The van der Waals surface area contributed by atoms with Crippen LogP contribution in [-0.4, -0.2) is 6.54 Å². The highest BCUT2D eigenvalue weighted by molar-refractivity contribution is 9.10. The largest absolute Gasteiger partial charge is 0.489 e. The van der Waals surface area contributed by atoms with E-state index in [1.165, 1.54) is 17.5 Å². The molecule has 0 saturated carbocycles. The van der Waals surface area contributed by atoms with E-state index in [0.717, 1.165) is 29.2 Å². The van der Waals surface area contributed by atoms with E-state index in [4.69, 9.17) is 4.74 Å². The fourth-order valence-electron chi connectivity index (χ4n) is 2.18. The number of halogens is 1. The van der Waals surface area contributed by atoms with E-state index in [0.29, 0.717) is 6.61 Å².